The highest BCUT2D eigenvalue weighted by Crippen LogP contribution is 2.43. The van der Waals surface area contributed by atoms with Gasteiger partial charge in [0.25, 0.3) is 0 Å². The number of unbranched alkanes of at least 4 members (excludes halogenated alkanes) is 4. The number of fused-ring (bicyclic) bond motifs is 2. The molecule has 0 atom stereocenters. The molecule has 0 amide bonds. The second kappa shape index (κ2) is 11.6. The highest BCUT2D eigenvalue weighted by molar-refractivity contribution is 6.32. The second-order valence-electron chi connectivity index (χ2n) is 10.2. The minimum absolute atomic E-state index is 0.160. The molecule has 39 heavy (non-hydrogen) atoms. The minimum atomic E-state index is -0.284. The van der Waals surface area contributed by atoms with Crippen molar-refractivity contribution in [1.82, 2.24) is 0 Å². The number of carbonyl (C=O) groups is 2. The Morgan fingerprint density at radius 2 is 1.41 bits per heavy atom. The molecule has 0 spiro atoms. The van der Waals surface area contributed by atoms with Crippen molar-refractivity contribution in [3.8, 4) is 11.5 Å². The summed E-state index contributed by atoms with van der Waals surface area (Å²) in [5, 5.41) is 3.33. The molecular formula is C34H34N2O3. The fourth-order valence-electron chi connectivity index (χ4n) is 5.05. The molecule has 0 unspecified atom stereocenters. The van der Waals surface area contributed by atoms with Gasteiger partial charge in [-0.15, -0.1) is 0 Å². The van der Waals surface area contributed by atoms with E-state index < -0.39 is 0 Å². The molecule has 0 aliphatic heterocycles. The number of nitrogen functional groups attached to an aromatic ring is 1. The summed E-state index contributed by atoms with van der Waals surface area (Å²) in [4.78, 5) is 27.3. The third-order valence-electron chi connectivity index (χ3n) is 7.25. The summed E-state index contributed by atoms with van der Waals surface area (Å²) < 4.78 is 6.23. The maximum Gasteiger partial charge on any atom is 0.196 e. The van der Waals surface area contributed by atoms with Crippen molar-refractivity contribution in [3.63, 3.8) is 0 Å². The zero-order valence-corrected chi connectivity index (χ0v) is 22.6. The first-order chi connectivity index (χ1) is 19.0. The SMILES string of the molecule is CCCCCCCc1ccc(Oc2cc(Nc3ccc(C)cc3)c3c(c2N)C(=O)c2ccccc2C3=O)cc1. The van der Waals surface area contributed by atoms with E-state index in [1.165, 1.54) is 37.7 Å². The molecular weight excluding hydrogens is 484 g/mol. The Morgan fingerprint density at radius 3 is 2.08 bits per heavy atom. The van der Waals surface area contributed by atoms with Gasteiger partial charge in [0.1, 0.15) is 5.75 Å². The molecule has 3 N–H and O–H groups in total. The quantitative estimate of drug-likeness (QED) is 0.143. The zero-order chi connectivity index (χ0) is 27.4. The van der Waals surface area contributed by atoms with Crippen LogP contribution in [-0.4, -0.2) is 11.6 Å². The van der Waals surface area contributed by atoms with E-state index in [0.29, 0.717) is 28.3 Å². The summed E-state index contributed by atoms with van der Waals surface area (Å²) in [5.74, 6) is 0.425. The third kappa shape index (κ3) is 5.58. The lowest BCUT2D eigenvalue weighted by Crippen LogP contribution is -2.24. The Labute approximate surface area is 230 Å². The molecule has 0 aromatic heterocycles. The van der Waals surface area contributed by atoms with Gasteiger partial charge >= 0.3 is 0 Å². The van der Waals surface area contributed by atoms with Gasteiger partial charge < -0.3 is 15.8 Å². The lowest BCUT2D eigenvalue weighted by molar-refractivity contribution is 0.0980. The Hall–Kier alpha value is -4.38. The molecule has 0 saturated heterocycles. The zero-order valence-electron chi connectivity index (χ0n) is 22.6. The molecule has 4 aromatic carbocycles. The number of nitrogens with two attached hydrogens (primary N) is 1. The van der Waals surface area contributed by atoms with E-state index in [9.17, 15) is 9.59 Å². The van der Waals surface area contributed by atoms with Crippen LogP contribution < -0.4 is 15.8 Å². The first-order valence-electron chi connectivity index (χ1n) is 13.7. The normalized spacial score (nSPS) is 12.2. The van der Waals surface area contributed by atoms with Crippen LogP contribution in [0.15, 0.2) is 78.9 Å². The standard InChI is InChI=1S/C34H34N2O3/c1-3-4-5-6-7-10-23-15-19-25(20-16-23)39-29-21-28(36-24-17-13-22(2)14-18-24)30-31(32(29)35)34(38)27-12-9-8-11-26(27)33(30)37/h8-9,11-21,36H,3-7,10,35H2,1-2H3. The number of benzene rings is 4. The van der Waals surface area contributed by atoms with Crippen LogP contribution in [0.5, 0.6) is 11.5 Å². The predicted molar refractivity (Wildman–Crippen MR) is 158 cm³/mol. The molecule has 4 aromatic rings. The van der Waals surface area contributed by atoms with Gasteiger partial charge in [-0.05, 0) is 49.6 Å². The molecule has 1 aliphatic carbocycles. The van der Waals surface area contributed by atoms with Gasteiger partial charge in [0, 0.05) is 22.9 Å². The number of anilines is 3. The molecule has 0 fully saturated rings. The third-order valence-corrected chi connectivity index (χ3v) is 7.25. The number of nitrogens with one attached hydrogen (secondary N) is 1. The first-order valence-corrected chi connectivity index (χ1v) is 13.7. The smallest absolute Gasteiger partial charge is 0.196 e. The number of aryl methyl sites for hydroxylation is 2. The molecule has 5 rings (SSSR count). The number of ether oxygens (including phenoxy) is 1. The minimum Gasteiger partial charge on any atom is -0.455 e. The average Bonchev–Trinajstić information content (AvgIpc) is 2.95. The van der Waals surface area contributed by atoms with Crippen molar-refractivity contribution in [3.05, 3.63) is 112 Å². The fourth-order valence-corrected chi connectivity index (χ4v) is 5.05. The van der Waals surface area contributed by atoms with Gasteiger partial charge in [-0.2, -0.15) is 0 Å². The molecule has 5 heteroatoms. The highest BCUT2D eigenvalue weighted by Gasteiger charge is 2.35. The second-order valence-corrected chi connectivity index (χ2v) is 10.2. The number of hydrogen-bond donors (Lipinski definition) is 2. The topological polar surface area (TPSA) is 81.4 Å². The molecule has 0 heterocycles. The summed E-state index contributed by atoms with van der Waals surface area (Å²) in [6.07, 6.45) is 7.25. The van der Waals surface area contributed by atoms with E-state index >= 15 is 0 Å². The summed E-state index contributed by atoms with van der Waals surface area (Å²) in [6, 6.07) is 24.4. The van der Waals surface area contributed by atoms with E-state index in [0.717, 1.165) is 17.7 Å². The van der Waals surface area contributed by atoms with E-state index in [-0.39, 0.29) is 28.4 Å². The van der Waals surface area contributed by atoms with Gasteiger partial charge in [0.15, 0.2) is 17.3 Å². The Kier molecular flexibility index (Phi) is 7.78. The molecule has 0 saturated carbocycles. The van der Waals surface area contributed by atoms with E-state index in [1.54, 1.807) is 30.3 Å². The monoisotopic (exact) mass is 518 g/mol. The first kappa shape index (κ1) is 26.2. The summed E-state index contributed by atoms with van der Waals surface area (Å²) in [6.45, 7) is 4.24. The summed E-state index contributed by atoms with van der Waals surface area (Å²) in [7, 11) is 0. The van der Waals surface area contributed by atoms with Gasteiger partial charge in [-0.25, -0.2) is 0 Å². The molecule has 0 bridgehead atoms. The van der Waals surface area contributed by atoms with Crippen LogP contribution in [0.1, 0.15) is 82.0 Å². The van der Waals surface area contributed by atoms with Crippen molar-refractivity contribution in [2.24, 2.45) is 0 Å². The lowest BCUT2D eigenvalue weighted by atomic mass is 9.82. The molecule has 1 aliphatic rings. The van der Waals surface area contributed by atoms with Gasteiger partial charge in [-0.1, -0.05) is 86.7 Å². The van der Waals surface area contributed by atoms with E-state index in [1.807, 2.05) is 43.3 Å². The van der Waals surface area contributed by atoms with Crippen molar-refractivity contribution in [2.75, 3.05) is 11.1 Å². The van der Waals surface area contributed by atoms with Crippen LogP contribution in [0.2, 0.25) is 0 Å². The Balaban J connectivity index is 1.48. The van der Waals surface area contributed by atoms with Crippen molar-refractivity contribution >= 4 is 28.6 Å². The Bertz CT molecular complexity index is 1510. The van der Waals surface area contributed by atoms with Crippen LogP contribution >= 0.6 is 0 Å². The lowest BCUT2D eigenvalue weighted by Gasteiger charge is -2.24. The van der Waals surface area contributed by atoms with Crippen LogP contribution in [-0.2, 0) is 6.42 Å². The molecule has 198 valence electrons. The van der Waals surface area contributed by atoms with Crippen LogP contribution in [0.3, 0.4) is 0 Å². The predicted octanol–water partition coefficient (Wildman–Crippen LogP) is 8.40. The number of rotatable bonds is 10. The molecule has 5 nitrogen and oxygen atoms in total. The van der Waals surface area contributed by atoms with Crippen molar-refractivity contribution in [2.45, 2.75) is 52.4 Å². The summed E-state index contributed by atoms with van der Waals surface area (Å²) >= 11 is 0. The van der Waals surface area contributed by atoms with Gasteiger partial charge in [0.05, 0.1) is 22.5 Å². The van der Waals surface area contributed by atoms with Crippen molar-refractivity contribution < 1.29 is 14.3 Å². The van der Waals surface area contributed by atoms with E-state index in [2.05, 4.69) is 24.4 Å². The highest BCUT2D eigenvalue weighted by atomic mass is 16.5. The average molecular weight is 519 g/mol. The fraction of sp³-hybridized carbons (Fsp3) is 0.235. The maximum atomic E-state index is 13.6. The number of hydrogen-bond acceptors (Lipinski definition) is 5. The number of ketones is 2. The van der Waals surface area contributed by atoms with Crippen molar-refractivity contribution in [1.29, 1.82) is 0 Å². The van der Waals surface area contributed by atoms with Crippen LogP contribution in [0.25, 0.3) is 0 Å². The van der Waals surface area contributed by atoms with E-state index in [4.69, 9.17) is 10.5 Å². The van der Waals surface area contributed by atoms with Gasteiger partial charge in [-0.3, -0.25) is 9.59 Å². The Morgan fingerprint density at radius 1 is 0.769 bits per heavy atom. The largest absolute Gasteiger partial charge is 0.455 e. The van der Waals surface area contributed by atoms with Crippen LogP contribution in [0, 0.1) is 6.92 Å². The maximum absolute atomic E-state index is 13.6. The van der Waals surface area contributed by atoms with Crippen LogP contribution in [0.4, 0.5) is 17.1 Å². The number of carbonyl (C=O) groups excluding carboxylic acids is 2. The summed E-state index contributed by atoms with van der Waals surface area (Å²) in [5.41, 5.74) is 11.5. The van der Waals surface area contributed by atoms with Gasteiger partial charge in [0.2, 0.25) is 0 Å². The molecule has 0 radical (unpaired) electrons.